The Kier molecular flexibility index (Phi) is 5.59. The molecule has 0 saturated heterocycles. The molecule has 19 heavy (non-hydrogen) atoms. The van der Waals surface area contributed by atoms with Crippen molar-refractivity contribution in [1.29, 1.82) is 0 Å². The summed E-state index contributed by atoms with van der Waals surface area (Å²) < 4.78 is 0. The lowest BCUT2D eigenvalue weighted by atomic mass is 9.75. The normalized spacial score (nSPS) is 26.7. The molecule has 0 aromatic carbocycles. The van der Waals surface area contributed by atoms with E-state index < -0.39 is 5.41 Å². The molecular weight excluding hydrogens is 236 g/mol. The lowest BCUT2D eigenvalue weighted by Gasteiger charge is -2.25. The summed E-state index contributed by atoms with van der Waals surface area (Å²) >= 11 is 0. The quantitative estimate of drug-likeness (QED) is 0.599. The van der Waals surface area contributed by atoms with Crippen LogP contribution in [0.5, 0.6) is 0 Å². The lowest BCUT2D eigenvalue weighted by Crippen LogP contribution is -2.33. The topological polar surface area (TPSA) is 34.1 Å². The molecule has 2 nitrogen and oxygen atoms in total. The largest absolute Gasteiger partial charge is 0.299 e. The SMILES string of the molecule is O=C1CCC(=O)C12CCCCCCCCCCCC2. The summed E-state index contributed by atoms with van der Waals surface area (Å²) in [4.78, 5) is 24.5. The van der Waals surface area contributed by atoms with Gasteiger partial charge in [-0.05, 0) is 12.8 Å². The Morgan fingerprint density at radius 1 is 0.526 bits per heavy atom. The van der Waals surface area contributed by atoms with Gasteiger partial charge in [-0.1, -0.05) is 64.2 Å². The van der Waals surface area contributed by atoms with Crippen molar-refractivity contribution in [3.8, 4) is 0 Å². The number of ketones is 2. The van der Waals surface area contributed by atoms with Gasteiger partial charge in [0.25, 0.3) is 0 Å². The smallest absolute Gasteiger partial charge is 0.146 e. The Hall–Kier alpha value is -0.660. The molecule has 0 atom stereocenters. The second-order valence-corrected chi connectivity index (χ2v) is 6.46. The summed E-state index contributed by atoms with van der Waals surface area (Å²) in [6.07, 6.45) is 15.2. The van der Waals surface area contributed by atoms with Crippen LogP contribution < -0.4 is 0 Å². The molecule has 0 aromatic heterocycles. The van der Waals surface area contributed by atoms with Gasteiger partial charge in [0.1, 0.15) is 11.6 Å². The van der Waals surface area contributed by atoms with E-state index in [4.69, 9.17) is 0 Å². The second kappa shape index (κ2) is 7.21. The molecule has 0 aromatic rings. The molecule has 2 heteroatoms. The van der Waals surface area contributed by atoms with Gasteiger partial charge < -0.3 is 0 Å². The highest BCUT2D eigenvalue weighted by molar-refractivity contribution is 6.12. The van der Waals surface area contributed by atoms with E-state index in [0.717, 1.165) is 25.7 Å². The molecule has 108 valence electrons. The van der Waals surface area contributed by atoms with Gasteiger partial charge in [0.05, 0.1) is 5.41 Å². The molecule has 2 saturated carbocycles. The standard InChI is InChI=1S/C17H28O2/c18-15-11-12-16(19)17(15)13-9-7-5-3-1-2-4-6-8-10-14-17/h1-14H2. The Bertz CT molecular complexity index is 287. The molecule has 2 fully saturated rings. The van der Waals surface area contributed by atoms with Gasteiger partial charge in [-0.15, -0.1) is 0 Å². The Labute approximate surface area is 117 Å². The Balaban J connectivity index is 1.98. The monoisotopic (exact) mass is 264 g/mol. The molecule has 0 heterocycles. The third-order valence-corrected chi connectivity index (χ3v) is 5.10. The minimum Gasteiger partial charge on any atom is -0.299 e. The summed E-state index contributed by atoms with van der Waals surface area (Å²) in [5.74, 6) is 0.514. The summed E-state index contributed by atoms with van der Waals surface area (Å²) in [5, 5.41) is 0. The van der Waals surface area contributed by atoms with E-state index in [9.17, 15) is 9.59 Å². The van der Waals surface area contributed by atoms with Gasteiger partial charge in [0, 0.05) is 12.8 Å². The average Bonchev–Trinajstić information content (AvgIpc) is 2.69. The van der Waals surface area contributed by atoms with Gasteiger partial charge in [-0.25, -0.2) is 0 Å². The predicted octanol–water partition coefficient (Wildman–Crippen LogP) is 4.60. The fourth-order valence-corrected chi connectivity index (χ4v) is 3.81. The maximum Gasteiger partial charge on any atom is 0.146 e. The van der Waals surface area contributed by atoms with Crippen molar-refractivity contribution in [2.75, 3.05) is 0 Å². The molecular formula is C17H28O2. The van der Waals surface area contributed by atoms with Crippen LogP contribution in [-0.2, 0) is 9.59 Å². The molecule has 0 unspecified atom stereocenters. The van der Waals surface area contributed by atoms with E-state index >= 15 is 0 Å². The van der Waals surface area contributed by atoms with Crippen LogP contribution >= 0.6 is 0 Å². The molecule has 0 radical (unpaired) electrons. The number of rotatable bonds is 0. The van der Waals surface area contributed by atoms with Crippen LogP contribution in [0.4, 0.5) is 0 Å². The van der Waals surface area contributed by atoms with Crippen molar-refractivity contribution < 1.29 is 9.59 Å². The van der Waals surface area contributed by atoms with Crippen molar-refractivity contribution >= 4 is 11.6 Å². The highest BCUT2D eigenvalue weighted by Gasteiger charge is 2.47. The number of carbonyl (C=O) groups is 2. The molecule has 0 amide bonds. The highest BCUT2D eigenvalue weighted by atomic mass is 16.2. The molecule has 0 bridgehead atoms. The number of hydrogen-bond acceptors (Lipinski definition) is 2. The highest BCUT2D eigenvalue weighted by Crippen LogP contribution is 2.41. The maximum absolute atomic E-state index is 12.2. The first kappa shape index (κ1) is 14.7. The van der Waals surface area contributed by atoms with E-state index in [1.807, 2.05) is 0 Å². The van der Waals surface area contributed by atoms with Crippen molar-refractivity contribution in [1.82, 2.24) is 0 Å². The molecule has 2 aliphatic rings. The molecule has 2 aliphatic carbocycles. The van der Waals surface area contributed by atoms with Crippen LogP contribution in [0.2, 0.25) is 0 Å². The van der Waals surface area contributed by atoms with Crippen LogP contribution in [0.1, 0.15) is 89.9 Å². The Morgan fingerprint density at radius 2 is 0.842 bits per heavy atom. The van der Waals surface area contributed by atoms with Crippen LogP contribution in [0.25, 0.3) is 0 Å². The van der Waals surface area contributed by atoms with Gasteiger partial charge in [0.15, 0.2) is 0 Å². The van der Waals surface area contributed by atoms with E-state index in [1.165, 1.54) is 51.4 Å². The lowest BCUT2D eigenvalue weighted by molar-refractivity contribution is -0.136. The first-order chi connectivity index (χ1) is 9.26. The first-order valence-electron chi connectivity index (χ1n) is 8.32. The van der Waals surface area contributed by atoms with Gasteiger partial charge in [-0.3, -0.25) is 9.59 Å². The fraction of sp³-hybridized carbons (Fsp3) is 0.882. The summed E-state index contributed by atoms with van der Waals surface area (Å²) in [6, 6.07) is 0. The maximum atomic E-state index is 12.2. The summed E-state index contributed by atoms with van der Waals surface area (Å²) in [7, 11) is 0. The van der Waals surface area contributed by atoms with Crippen LogP contribution in [-0.4, -0.2) is 11.6 Å². The van der Waals surface area contributed by atoms with E-state index in [0.29, 0.717) is 12.8 Å². The zero-order valence-corrected chi connectivity index (χ0v) is 12.2. The number of Topliss-reactive ketones (excluding diaryl/α,β-unsaturated/α-hetero) is 2. The van der Waals surface area contributed by atoms with Crippen molar-refractivity contribution in [3.05, 3.63) is 0 Å². The summed E-state index contributed by atoms with van der Waals surface area (Å²) in [6.45, 7) is 0. The van der Waals surface area contributed by atoms with Crippen LogP contribution in [0, 0.1) is 5.41 Å². The van der Waals surface area contributed by atoms with Crippen molar-refractivity contribution in [2.24, 2.45) is 5.41 Å². The molecule has 0 N–H and O–H groups in total. The van der Waals surface area contributed by atoms with Gasteiger partial charge in [0.2, 0.25) is 0 Å². The number of carbonyl (C=O) groups excluding carboxylic acids is 2. The molecule has 1 spiro atoms. The van der Waals surface area contributed by atoms with E-state index in [2.05, 4.69) is 0 Å². The average molecular weight is 264 g/mol. The minimum absolute atomic E-state index is 0.257. The van der Waals surface area contributed by atoms with Gasteiger partial charge >= 0.3 is 0 Å². The van der Waals surface area contributed by atoms with E-state index in [-0.39, 0.29) is 11.6 Å². The molecule has 0 aliphatic heterocycles. The van der Waals surface area contributed by atoms with Crippen molar-refractivity contribution in [3.63, 3.8) is 0 Å². The van der Waals surface area contributed by atoms with Gasteiger partial charge in [-0.2, -0.15) is 0 Å². The first-order valence-corrected chi connectivity index (χ1v) is 8.32. The zero-order valence-electron chi connectivity index (χ0n) is 12.2. The van der Waals surface area contributed by atoms with Crippen LogP contribution in [0.15, 0.2) is 0 Å². The minimum atomic E-state index is -0.548. The van der Waals surface area contributed by atoms with E-state index in [1.54, 1.807) is 0 Å². The fourth-order valence-electron chi connectivity index (χ4n) is 3.81. The van der Waals surface area contributed by atoms with Crippen LogP contribution in [0.3, 0.4) is 0 Å². The molecule has 2 rings (SSSR count). The number of hydrogen-bond donors (Lipinski definition) is 0. The second-order valence-electron chi connectivity index (χ2n) is 6.46. The summed E-state index contributed by atoms with van der Waals surface area (Å²) in [5.41, 5.74) is -0.548. The Morgan fingerprint density at radius 3 is 1.21 bits per heavy atom. The third-order valence-electron chi connectivity index (χ3n) is 5.10. The predicted molar refractivity (Wildman–Crippen MR) is 77.1 cm³/mol. The van der Waals surface area contributed by atoms with Crippen molar-refractivity contribution in [2.45, 2.75) is 89.9 Å². The third kappa shape index (κ3) is 3.67. The zero-order chi connectivity index (χ0) is 13.6.